The van der Waals surface area contributed by atoms with Gasteiger partial charge < -0.3 is 16.2 Å². The molecule has 1 heterocycles. The highest BCUT2D eigenvalue weighted by Crippen LogP contribution is 2.25. The summed E-state index contributed by atoms with van der Waals surface area (Å²) < 4.78 is 29.8. The molecule has 5 nitrogen and oxygen atoms in total. The second kappa shape index (κ2) is 5.53. The van der Waals surface area contributed by atoms with Gasteiger partial charge in [0, 0.05) is 12.1 Å². The predicted molar refractivity (Wildman–Crippen MR) is 57.5 cm³/mol. The highest BCUT2D eigenvalue weighted by molar-refractivity contribution is 5.89. The first kappa shape index (κ1) is 13.3. The minimum atomic E-state index is -2.85. The molecule has 0 aliphatic carbocycles. The van der Waals surface area contributed by atoms with Gasteiger partial charge in [0.25, 0.3) is 6.43 Å². The maximum Gasteiger partial charge on any atom is 0.357 e. The van der Waals surface area contributed by atoms with Crippen molar-refractivity contribution in [3.63, 3.8) is 0 Å². The molecule has 17 heavy (non-hydrogen) atoms. The molecule has 0 aliphatic heterocycles. The van der Waals surface area contributed by atoms with Crippen LogP contribution in [0.25, 0.3) is 0 Å². The van der Waals surface area contributed by atoms with Crippen LogP contribution >= 0.6 is 0 Å². The van der Waals surface area contributed by atoms with Crippen LogP contribution in [0.15, 0.2) is 6.07 Å². The first-order valence-electron chi connectivity index (χ1n) is 4.95. The average Bonchev–Trinajstić information content (AvgIpc) is 2.28. The number of anilines is 1. The topological polar surface area (TPSA) is 91.2 Å². The lowest BCUT2D eigenvalue weighted by Gasteiger charge is -2.10. The van der Waals surface area contributed by atoms with Crippen molar-refractivity contribution in [1.82, 2.24) is 4.98 Å². The molecule has 0 spiro atoms. The summed E-state index contributed by atoms with van der Waals surface area (Å²) >= 11 is 0. The summed E-state index contributed by atoms with van der Waals surface area (Å²) in [4.78, 5) is 15.0. The Bertz CT molecular complexity index is 424. The number of pyridine rings is 1. The van der Waals surface area contributed by atoms with E-state index in [4.69, 9.17) is 16.2 Å². The maximum atomic E-state index is 12.6. The van der Waals surface area contributed by atoms with Crippen LogP contribution in [-0.4, -0.2) is 17.6 Å². The van der Waals surface area contributed by atoms with E-state index in [0.717, 1.165) is 0 Å². The highest BCUT2D eigenvalue weighted by Gasteiger charge is 2.21. The molecule has 94 valence electrons. The summed E-state index contributed by atoms with van der Waals surface area (Å²) in [5.41, 5.74) is 10.0. The van der Waals surface area contributed by atoms with E-state index in [1.54, 1.807) is 6.92 Å². The monoisotopic (exact) mass is 245 g/mol. The number of carbonyl (C=O) groups excluding carboxylic acids is 1. The lowest BCUT2D eigenvalue weighted by atomic mass is 10.1. The number of aromatic nitrogens is 1. The van der Waals surface area contributed by atoms with E-state index in [1.807, 2.05) is 0 Å². The molecule has 0 aliphatic rings. The molecule has 0 atom stereocenters. The van der Waals surface area contributed by atoms with Crippen LogP contribution < -0.4 is 11.5 Å². The summed E-state index contributed by atoms with van der Waals surface area (Å²) in [7, 11) is 0. The fourth-order valence-corrected chi connectivity index (χ4v) is 1.29. The lowest BCUT2D eigenvalue weighted by Crippen LogP contribution is -2.16. The summed E-state index contributed by atoms with van der Waals surface area (Å²) in [5.74, 6) is -0.783. The molecule has 7 heteroatoms. The third-order valence-electron chi connectivity index (χ3n) is 2.06. The zero-order valence-corrected chi connectivity index (χ0v) is 9.24. The number of nitrogen functional groups attached to an aromatic ring is 1. The third kappa shape index (κ3) is 2.88. The largest absolute Gasteiger partial charge is 0.461 e. The van der Waals surface area contributed by atoms with Crippen LogP contribution in [0.1, 0.15) is 35.1 Å². The van der Waals surface area contributed by atoms with Crippen LogP contribution in [-0.2, 0) is 11.3 Å². The normalized spacial score (nSPS) is 10.6. The van der Waals surface area contributed by atoms with Crippen LogP contribution in [0.5, 0.6) is 0 Å². The van der Waals surface area contributed by atoms with E-state index in [1.165, 1.54) is 6.07 Å². The fourth-order valence-electron chi connectivity index (χ4n) is 1.29. The predicted octanol–water partition coefficient (Wildman–Crippen LogP) is 1.24. The summed E-state index contributed by atoms with van der Waals surface area (Å²) in [6.07, 6.45) is -2.85. The van der Waals surface area contributed by atoms with Gasteiger partial charge in [0.2, 0.25) is 0 Å². The van der Waals surface area contributed by atoms with Gasteiger partial charge in [-0.25, -0.2) is 18.6 Å². The third-order valence-corrected chi connectivity index (χ3v) is 2.06. The van der Waals surface area contributed by atoms with Gasteiger partial charge in [0.05, 0.1) is 12.3 Å². The zero-order valence-electron chi connectivity index (χ0n) is 9.24. The molecule has 1 aromatic rings. The summed E-state index contributed by atoms with van der Waals surface area (Å²) in [6.45, 7) is 1.69. The molecule has 0 aromatic carbocycles. The number of ether oxygens (including phenoxy) is 1. The molecule has 0 saturated carbocycles. The van der Waals surface area contributed by atoms with Gasteiger partial charge >= 0.3 is 5.97 Å². The van der Waals surface area contributed by atoms with Crippen molar-refractivity contribution < 1.29 is 18.3 Å². The van der Waals surface area contributed by atoms with E-state index in [0.29, 0.717) is 0 Å². The van der Waals surface area contributed by atoms with Gasteiger partial charge in [0.1, 0.15) is 5.69 Å². The first-order valence-corrected chi connectivity index (χ1v) is 4.95. The van der Waals surface area contributed by atoms with Gasteiger partial charge in [-0.3, -0.25) is 0 Å². The van der Waals surface area contributed by atoms with Gasteiger partial charge in [-0.05, 0) is 13.0 Å². The Labute approximate surface area is 96.8 Å². The van der Waals surface area contributed by atoms with Gasteiger partial charge in [-0.1, -0.05) is 0 Å². The summed E-state index contributed by atoms with van der Waals surface area (Å²) in [6, 6.07) is 1.22. The zero-order chi connectivity index (χ0) is 13.0. The molecule has 0 amide bonds. The fraction of sp³-hybridized carbons (Fsp3) is 0.400. The molecule has 0 radical (unpaired) electrons. The first-order chi connectivity index (χ1) is 8.01. The Balaban J connectivity index is 3.26. The second-order valence-electron chi connectivity index (χ2n) is 3.20. The Morgan fingerprint density at radius 1 is 1.59 bits per heavy atom. The van der Waals surface area contributed by atoms with Crippen molar-refractivity contribution in [1.29, 1.82) is 0 Å². The van der Waals surface area contributed by atoms with E-state index in [9.17, 15) is 13.6 Å². The van der Waals surface area contributed by atoms with Crippen LogP contribution in [0.3, 0.4) is 0 Å². The number of esters is 1. The SMILES string of the molecule is CCOC(=O)c1nc(C(F)F)c(N)cc1CN. The number of halogens is 2. The van der Waals surface area contributed by atoms with Gasteiger partial charge in [0.15, 0.2) is 5.69 Å². The Kier molecular flexibility index (Phi) is 4.33. The lowest BCUT2D eigenvalue weighted by molar-refractivity contribution is 0.0516. The number of rotatable bonds is 4. The average molecular weight is 245 g/mol. The molecule has 0 unspecified atom stereocenters. The van der Waals surface area contributed by atoms with E-state index in [2.05, 4.69) is 4.98 Å². The van der Waals surface area contributed by atoms with Crippen molar-refractivity contribution in [2.45, 2.75) is 19.9 Å². The van der Waals surface area contributed by atoms with E-state index < -0.39 is 18.1 Å². The molecule has 0 bridgehead atoms. The smallest absolute Gasteiger partial charge is 0.357 e. The van der Waals surface area contributed by atoms with E-state index in [-0.39, 0.29) is 30.1 Å². The van der Waals surface area contributed by atoms with Crippen LogP contribution in [0.2, 0.25) is 0 Å². The number of hydrogen-bond donors (Lipinski definition) is 2. The van der Waals surface area contributed by atoms with Crippen molar-refractivity contribution >= 4 is 11.7 Å². The van der Waals surface area contributed by atoms with Gasteiger partial charge in [-0.2, -0.15) is 0 Å². The molecule has 0 saturated heterocycles. The second-order valence-corrected chi connectivity index (χ2v) is 3.20. The molecule has 4 N–H and O–H groups in total. The molecule has 1 rings (SSSR count). The quantitative estimate of drug-likeness (QED) is 0.778. The number of alkyl halides is 2. The number of nitrogens with zero attached hydrogens (tertiary/aromatic N) is 1. The number of nitrogens with two attached hydrogens (primary N) is 2. The Morgan fingerprint density at radius 2 is 2.24 bits per heavy atom. The minimum absolute atomic E-state index is 0.0329. The van der Waals surface area contributed by atoms with Crippen molar-refractivity contribution in [3.8, 4) is 0 Å². The molecule has 0 fully saturated rings. The van der Waals surface area contributed by atoms with E-state index >= 15 is 0 Å². The maximum absolute atomic E-state index is 12.6. The molecular formula is C10H13F2N3O2. The minimum Gasteiger partial charge on any atom is -0.461 e. The standard InChI is InChI=1S/C10H13F2N3O2/c1-2-17-10(16)7-5(4-13)3-6(14)8(15-7)9(11)12/h3,9H,2,4,13-14H2,1H3. The number of carbonyl (C=O) groups is 1. The Morgan fingerprint density at radius 3 is 2.71 bits per heavy atom. The van der Waals surface area contributed by atoms with Crippen molar-refractivity contribution in [3.05, 3.63) is 23.0 Å². The Hall–Kier alpha value is -1.76. The van der Waals surface area contributed by atoms with Gasteiger partial charge in [-0.15, -0.1) is 0 Å². The van der Waals surface area contributed by atoms with Crippen molar-refractivity contribution in [2.24, 2.45) is 5.73 Å². The molecule has 1 aromatic heterocycles. The number of hydrogen-bond acceptors (Lipinski definition) is 5. The van der Waals surface area contributed by atoms with Crippen LogP contribution in [0, 0.1) is 0 Å². The highest BCUT2D eigenvalue weighted by atomic mass is 19.3. The van der Waals surface area contributed by atoms with Crippen LogP contribution in [0.4, 0.5) is 14.5 Å². The van der Waals surface area contributed by atoms with Crippen molar-refractivity contribution in [2.75, 3.05) is 12.3 Å². The molecular weight excluding hydrogens is 232 g/mol. The summed E-state index contributed by atoms with van der Waals surface area (Å²) in [5, 5.41) is 0.